The van der Waals surface area contributed by atoms with Crippen molar-refractivity contribution < 1.29 is 27.4 Å². The van der Waals surface area contributed by atoms with Gasteiger partial charge in [0.25, 0.3) is 5.56 Å². The van der Waals surface area contributed by atoms with Gasteiger partial charge in [-0.05, 0) is 55.7 Å². The Hall–Kier alpha value is -3.56. The first-order chi connectivity index (χ1) is 15.5. The lowest BCUT2D eigenvalue weighted by molar-refractivity contribution is -0.142. The second-order valence-electron chi connectivity index (χ2n) is 7.54. The molecule has 1 heterocycles. The number of carbonyl (C=O) groups excluding carboxylic acids is 1. The van der Waals surface area contributed by atoms with Gasteiger partial charge in [0.15, 0.2) is 11.5 Å². The van der Waals surface area contributed by atoms with Crippen LogP contribution in [0.2, 0.25) is 0 Å². The van der Waals surface area contributed by atoms with Crippen molar-refractivity contribution in [3.63, 3.8) is 0 Å². The summed E-state index contributed by atoms with van der Waals surface area (Å²) in [5.74, 6) is 0.158. The maximum atomic E-state index is 13.6. The number of aryl methyl sites for hydroxylation is 2. The maximum Gasteiger partial charge on any atom is 0.438 e. The molecule has 1 amide bonds. The normalized spacial score (nSPS) is 12.5. The molecule has 0 fully saturated rings. The molecule has 0 spiro atoms. The second kappa shape index (κ2) is 9.13. The number of nitrogens with zero attached hydrogens (tertiary/aromatic N) is 2. The quantitative estimate of drug-likeness (QED) is 0.576. The molecule has 0 saturated heterocycles. The van der Waals surface area contributed by atoms with Gasteiger partial charge in [0.1, 0.15) is 6.04 Å². The van der Waals surface area contributed by atoms with Crippen molar-refractivity contribution in [2.45, 2.75) is 39.4 Å². The minimum Gasteiger partial charge on any atom is -0.493 e. The SMILES string of the molecule is CCC(C(=O)Nc1ccc(OC)c(OC)c1)n1c(=O)c(C(F)(F)F)nc2cc(C)c(C)cc21. The lowest BCUT2D eigenvalue weighted by atomic mass is 10.1. The van der Waals surface area contributed by atoms with Gasteiger partial charge in [-0.25, -0.2) is 4.98 Å². The van der Waals surface area contributed by atoms with Gasteiger partial charge in [0.2, 0.25) is 11.6 Å². The molecule has 176 valence electrons. The summed E-state index contributed by atoms with van der Waals surface area (Å²) < 4.78 is 52.1. The first kappa shape index (κ1) is 24.1. The Morgan fingerprint density at radius 2 is 1.73 bits per heavy atom. The average Bonchev–Trinajstić information content (AvgIpc) is 2.75. The van der Waals surface area contributed by atoms with Crippen LogP contribution in [-0.2, 0) is 11.0 Å². The van der Waals surface area contributed by atoms with Gasteiger partial charge in [-0.1, -0.05) is 6.92 Å². The van der Waals surface area contributed by atoms with Gasteiger partial charge in [-0.15, -0.1) is 0 Å². The summed E-state index contributed by atoms with van der Waals surface area (Å²) in [6.07, 6.45) is -4.90. The Morgan fingerprint density at radius 1 is 1.09 bits per heavy atom. The fourth-order valence-electron chi connectivity index (χ4n) is 3.58. The van der Waals surface area contributed by atoms with E-state index in [0.29, 0.717) is 17.2 Å². The first-order valence-electron chi connectivity index (χ1n) is 10.1. The van der Waals surface area contributed by atoms with E-state index in [1.807, 2.05) is 0 Å². The first-order valence-corrected chi connectivity index (χ1v) is 10.1. The van der Waals surface area contributed by atoms with E-state index in [-0.39, 0.29) is 17.5 Å². The number of hydrogen-bond acceptors (Lipinski definition) is 5. The predicted octanol–water partition coefficient (Wildman–Crippen LogP) is 4.64. The molecule has 0 aliphatic heterocycles. The summed E-state index contributed by atoms with van der Waals surface area (Å²) in [6.45, 7) is 5.12. The highest BCUT2D eigenvalue weighted by Gasteiger charge is 2.39. The Morgan fingerprint density at radius 3 is 2.30 bits per heavy atom. The zero-order valence-corrected chi connectivity index (χ0v) is 18.8. The number of carbonyl (C=O) groups is 1. The van der Waals surface area contributed by atoms with Crippen molar-refractivity contribution >= 4 is 22.6 Å². The second-order valence-corrected chi connectivity index (χ2v) is 7.54. The molecule has 0 aliphatic carbocycles. The Labute approximate surface area is 188 Å². The number of anilines is 1. The third-order valence-corrected chi connectivity index (χ3v) is 5.42. The van der Waals surface area contributed by atoms with Gasteiger partial charge in [0, 0.05) is 11.8 Å². The smallest absolute Gasteiger partial charge is 0.438 e. The van der Waals surface area contributed by atoms with E-state index in [1.54, 1.807) is 39.0 Å². The van der Waals surface area contributed by atoms with Crippen molar-refractivity contribution in [2.24, 2.45) is 0 Å². The third kappa shape index (κ3) is 4.64. The molecule has 3 aromatic rings. The highest BCUT2D eigenvalue weighted by Crippen LogP contribution is 2.31. The highest BCUT2D eigenvalue weighted by molar-refractivity contribution is 5.95. The van der Waals surface area contributed by atoms with E-state index in [4.69, 9.17) is 9.47 Å². The molecule has 33 heavy (non-hydrogen) atoms. The summed E-state index contributed by atoms with van der Waals surface area (Å²) in [4.78, 5) is 29.7. The number of fused-ring (bicyclic) bond motifs is 1. The number of benzene rings is 2. The van der Waals surface area contributed by atoms with Crippen LogP contribution in [0.1, 0.15) is 36.2 Å². The van der Waals surface area contributed by atoms with Gasteiger partial charge >= 0.3 is 6.18 Å². The molecule has 3 rings (SSSR count). The van der Waals surface area contributed by atoms with E-state index in [1.165, 1.54) is 26.4 Å². The molecule has 1 atom stereocenters. The summed E-state index contributed by atoms with van der Waals surface area (Å²) in [7, 11) is 2.90. The fraction of sp³-hybridized carbons (Fsp3) is 0.348. The van der Waals surface area contributed by atoms with Crippen LogP contribution in [0.25, 0.3) is 11.0 Å². The van der Waals surface area contributed by atoms with Gasteiger partial charge in [-0.3, -0.25) is 14.2 Å². The fourth-order valence-corrected chi connectivity index (χ4v) is 3.58. The Balaban J connectivity index is 2.16. The van der Waals surface area contributed by atoms with Gasteiger partial charge in [0.05, 0.1) is 25.3 Å². The summed E-state index contributed by atoms with van der Waals surface area (Å²) in [6, 6.07) is 6.51. The highest BCUT2D eigenvalue weighted by atomic mass is 19.4. The lowest BCUT2D eigenvalue weighted by Gasteiger charge is -2.22. The lowest BCUT2D eigenvalue weighted by Crippen LogP contribution is -2.37. The minimum absolute atomic E-state index is 0.0117. The number of ether oxygens (including phenoxy) is 2. The molecule has 0 saturated carbocycles. The zero-order valence-electron chi connectivity index (χ0n) is 18.8. The van der Waals surface area contributed by atoms with Crippen molar-refractivity contribution in [3.05, 3.63) is 57.5 Å². The predicted molar refractivity (Wildman–Crippen MR) is 118 cm³/mol. The molecule has 0 aliphatic rings. The van der Waals surface area contributed by atoms with E-state index >= 15 is 0 Å². The topological polar surface area (TPSA) is 82.5 Å². The van der Waals surface area contributed by atoms with Crippen LogP contribution in [0, 0.1) is 13.8 Å². The third-order valence-electron chi connectivity index (χ3n) is 5.42. The summed E-state index contributed by atoms with van der Waals surface area (Å²) >= 11 is 0. The van der Waals surface area contributed by atoms with Crippen LogP contribution in [0.5, 0.6) is 11.5 Å². The maximum absolute atomic E-state index is 13.6. The van der Waals surface area contributed by atoms with Gasteiger partial charge in [-0.2, -0.15) is 13.2 Å². The Bertz CT molecular complexity index is 1270. The molecule has 2 aromatic carbocycles. The molecule has 10 heteroatoms. The molecule has 1 aromatic heterocycles. The molecular formula is C23H24F3N3O4. The van der Waals surface area contributed by atoms with Crippen LogP contribution in [0.4, 0.5) is 18.9 Å². The zero-order chi connectivity index (χ0) is 24.5. The monoisotopic (exact) mass is 463 g/mol. The van der Waals surface area contributed by atoms with E-state index in [0.717, 1.165) is 15.7 Å². The molecule has 0 bridgehead atoms. The molecule has 7 nitrogen and oxygen atoms in total. The number of hydrogen-bond donors (Lipinski definition) is 1. The van der Waals surface area contributed by atoms with E-state index in [9.17, 15) is 22.8 Å². The standard InChI is InChI=1S/C23H24F3N3O4/c1-6-16(21(30)27-14-7-8-18(32-4)19(11-14)33-5)29-17-10-13(3)12(2)9-15(17)28-20(22(29)31)23(24,25)26/h7-11,16H,6H2,1-5H3,(H,27,30). The minimum atomic E-state index is -4.97. The van der Waals surface area contributed by atoms with Crippen molar-refractivity contribution in [2.75, 3.05) is 19.5 Å². The van der Waals surface area contributed by atoms with E-state index < -0.39 is 29.4 Å². The molecule has 1 unspecified atom stereocenters. The van der Waals surface area contributed by atoms with E-state index in [2.05, 4.69) is 10.3 Å². The van der Waals surface area contributed by atoms with Crippen LogP contribution >= 0.6 is 0 Å². The summed E-state index contributed by atoms with van der Waals surface area (Å²) in [5, 5.41) is 2.66. The number of halogens is 3. The summed E-state index contributed by atoms with van der Waals surface area (Å²) in [5.41, 5.74) is -0.968. The van der Waals surface area contributed by atoms with Crippen molar-refractivity contribution in [1.82, 2.24) is 9.55 Å². The number of nitrogens with one attached hydrogen (secondary N) is 1. The van der Waals surface area contributed by atoms with Crippen LogP contribution in [-0.4, -0.2) is 29.7 Å². The van der Waals surface area contributed by atoms with Crippen LogP contribution < -0.4 is 20.3 Å². The van der Waals surface area contributed by atoms with Crippen molar-refractivity contribution in [1.29, 1.82) is 0 Å². The molecule has 1 N–H and O–H groups in total. The van der Waals surface area contributed by atoms with Crippen LogP contribution in [0.3, 0.4) is 0 Å². The average molecular weight is 463 g/mol. The largest absolute Gasteiger partial charge is 0.493 e. The van der Waals surface area contributed by atoms with Gasteiger partial charge < -0.3 is 14.8 Å². The number of amides is 1. The van der Waals surface area contributed by atoms with Crippen molar-refractivity contribution in [3.8, 4) is 11.5 Å². The molecule has 0 radical (unpaired) electrons. The number of methoxy groups -OCH3 is 2. The molecular weight excluding hydrogens is 439 g/mol. The number of aromatic nitrogens is 2. The number of rotatable bonds is 6. The van der Waals surface area contributed by atoms with Crippen LogP contribution in [0.15, 0.2) is 35.1 Å². The Kier molecular flexibility index (Phi) is 6.66. The number of alkyl halides is 3.